The van der Waals surface area contributed by atoms with Crippen LogP contribution in [-0.4, -0.2) is 23.0 Å². The van der Waals surface area contributed by atoms with E-state index in [4.69, 9.17) is 5.11 Å². The lowest BCUT2D eigenvalue weighted by molar-refractivity contribution is -0.137. The Morgan fingerprint density at radius 2 is 0.608 bits per heavy atom. The SMILES string of the molecule is CCCCCCCCCCCCCCCC(=O)CCCCCCCCCCCC(F)CCC.CCCCCCCCCCCCCCCC(=O)O. The van der Waals surface area contributed by atoms with Gasteiger partial charge in [-0.05, 0) is 32.1 Å². The average Bonchev–Trinajstić information content (AvgIpc) is 3.11. The van der Waals surface area contributed by atoms with Gasteiger partial charge in [0.2, 0.25) is 0 Å². The van der Waals surface area contributed by atoms with Crippen LogP contribution >= 0.6 is 0 Å². The number of hydrogen-bond donors (Lipinski definition) is 1. The highest BCUT2D eigenvalue weighted by Gasteiger charge is 2.05. The van der Waals surface area contributed by atoms with E-state index in [9.17, 15) is 14.0 Å². The van der Waals surface area contributed by atoms with Gasteiger partial charge in [0.15, 0.2) is 0 Å². The third-order valence-electron chi connectivity index (χ3n) is 10.6. The van der Waals surface area contributed by atoms with Crippen LogP contribution in [0.3, 0.4) is 0 Å². The van der Waals surface area contributed by atoms with Crippen molar-refractivity contribution in [2.24, 2.45) is 0 Å². The molecule has 0 aliphatic heterocycles. The van der Waals surface area contributed by atoms with Gasteiger partial charge in [-0.25, -0.2) is 4.39 Å². The number of ketones is 1. The number of unbranched alkanes of at least 4 members (excludes halogenated alkanes) is 32. The molecule has 1 N–H and O–H groups in total. The zero-order valence-corrected chi connectivity index (χ0v) is 35.2. The molecule has 0 aliphatic rings. The molecule has 306 valence electrons. The van der Waals surface area contributed by atoms with Crippen LogP contribution in [0.1, 0.15) is 284 Å². The first-order valence-corrected chi connectivity index (χ1v) is 23.3. The molecule has 0 aromatic heterocycles. The first-order chi connectivity index (χ1) is 25.0. The number of halogens is 1. The highest BCUT2D eigenvalue weighted by molar-refractivity contribution is 5.78. The fraction of sp³-hybridized carbons (Fsp3) is 0.957. The number of rotatable bonds is 42. The molecule has 0 amide bonds. The smallest absolute Gasteiger partial charge is 0.303 e. The van der Waals surface area contributed by atoms with Crippen LogP contribution in [-0.2, 0) is 9.59 Å². The highest BCUT2D eigenvalue weighted by Crippen LogP contribution is 2.17. The third-order valence-corrected chi connectivity index (χ3v) is 10.6. The van der Waals surface area contributed by atoms with Crippen molar-refractivity contribution in [3.8, 4) is 0 Å². The first-order valence-electron chi connectivity index (χ1n) is 23.3. The van der Waals surface area contributed by atoms with Gasteiger partial charge in [-0.3, -0.25) is 9.59 Å². The van der Waals surface area contributed by atoms with Gasteiger partial charge in [0.1, 0.15) is 12.0 Å². The van der Waals surface area contributed by atoms with Crippen LogP contribution in [0, 0.1) is 0 Å². The Morgan fingerprint density at radius 1 is 0.353 bits per heavy atom. The predicted molar refractivity (Wildman–Crippen MR) is 224 cm³/mol. The molecule has 0 rings (SSSR count). The number of Topliss-reactive ketones (excluding diaryl/α,β-unsaturated/α-hetero) is 1. The van der Waals surface area contributed by atoms with Crippen molar-refractivity contribution in [1.29, 1.82) is 0 Å². The van der Waals surface area contributed by atoms with Gasteiger partial charge in [0.25, 0.3) is 0 Å². The zero-order valence-electron chi connectivity index (χ0n) is 35.2. The quantitative estimate of drug-likeness (QED) is 0.0638. The molecule has 51 heavy (non-hydrogen) atoms. The molecule has 3 nitrogen and oxygen atoms in total. The largest absolute Gasteiger partial charge is 0.481 e. The molecule has 0 aromatic rings. The fourth-order valence-corrected chi connectivity index (χ4v) is 7.14. The van der Waals surface area contributed by atoms with Crippen molar-refractivity contribution in [3.63, 3.8) is 0 Å². The molecule has 0 saturated heterocycles. The van der Waals surface area contributed by atoms with E-state index in [0.29, 0.717) is 12.2 Å². The maximum Gasteiger partial charge on any atom is 0.303 e. The Hall–Kier alpha value is -0.930. The van der Waals surface area contributed by atoms with E-state index in [1.54, 1.807) is 0 Å². The molecule has 0 aromatic carbocycles. The number of alkyl halides is 1. The summed E-state index contributed by atoms with van der Waals surface area (Å²) >= 11 is 0. The molecule has 0 spiro atoms. The van der Waals surface area contributed by atoms with Gasteiger partial charge in [-0.2, -0.15) is 0 Å². The molecule has 0 heterocycles. The lowest BCUT2D eigenvalue weighted by Gasteiger charge is -2.06. The minimum Gasteiger partial charge on any atom is -0.481 e. The number of carboxylic acids is 1. The summed E-state index contributed by atoms with van der Waals surface area (Å²) in [5, 5.41) is 8.49. The van der Waals surface area contributed by atoms with Crippen molar-refractivity contribution in [3.05, 3.63) is 0 Å². The Kier molecular flexibility index (Phi) is 48.2. The molecule has 1 unspecified atom stereocenters. The van der Waals surface area contributed by atoms with Gasteiger partial charge in [-0.15, -0.1) is 0 Å². The van der Waals surface area contributed by atoms with Gasteiger partial charge < -0.3 is 5.11 Å². The van der Waals surface area contributed by atoms with Gasteiger partial charge in [0.05, 0.1) is 0 Å². The van der Waals surface area contributed by atoms with Crippen LogP contribution in [0.2, 0.25) is 0 Å². The molecule has 0 aliphatic carbocycles. The number of carboxylic acid groups (broad SMARTS) is 1. The number of carbonyl (C=O) groups is 2. The van der Waals surface area contributed by atoms with E-state index in [1.807, 2.05) is 0 Å². The topological polar surface area (TPSA) is 54.4 Å². The molecule has 0 saturated carbocycles. The lowest BCUT2D eigenvalue weighted by atomic mass is 10.0. The molecule has 4 heteroatoms. The Bertz CT molecular complexity index is 666. The second kappa shape index (κ2) is 47.1. The van der Waals surface area contributed by atoms with Crippen molar-refractivity contribution in [1.82, 2.24) is 0 Å². The molecular formula is C47H93FO3. The maximum absolute atomic E-state index is 13.4. The zero-order chi connectivity index (χ0) is 37.7. The van der Waals surface area contributed by atoms with Crippen molar-refractivity contribution < 1.29 is 19.1 Å². The minimum absolute atomic E-state index is 0.345. The average molecular weight is 725 g/mol. The second-order valence-corrected chi connectivity index (χ2v) is 16.0. The summed E-state index contributed by atoms with van der Waals surface area (Å²) in [6, 6.07) is 0. The highest BCUT2D eigenvalue weighted by atomic mass is 19.1. The van der Waals surface area contributed by atoms with Crippen LogP contribution in [0.25, 0.3) is 0 Å². The Morgan fingerprint density at radius 3 is 0.882 bits per heavy atom. The summed E-state index contributed by atoms with van der Waals surface area (Å²) in [4.78, 5) is 22.3. The van der Waals surface area contributed by atoms with Crippen molar-refractivity contribution in [2.45, 2.75) is 290 Å². The maximum atomic E-state index is 13.4. The van der Waals surface area contributed by atoms with Crippen molar-refractivity contribution in [2.75, 3.05) is 0 Å². The minimum atomic E-state index is -0.655. The summed E-state index contributed by atoms with van der Waals surface area (Å²) in [5.41, 5.74) is 0. The van der Waals surface area contributed by atoms with Gasteiger partial charge in [-0.1, -0.05) is 233 Å². The summed E-state index contributed by atoms with van der Waals surface area (Å²) in [5.74, 6) is -0.162. The van der Waals surface area contributed by atoms with Crippen molar-refractivity contribution >= 4 is 11.8 Å². The number of aliphatic carboxylic acids is 1. The third kappa shape index (κ3) is 51.2. The van der Waals surface area contributed by atoms with E-state index in [2.05, 4.69) is 20.8 Å². The molecule has 0 bridgehead atoms. The first kappa shape index (κ1) is 52.2. The lowest BCUT2D eigenvalue weighted by Crippen LogP contribution is -1.98. The summed E-state index contributed by atoms with van der Waals surface area (Å²) < 4.78 is 13.4. The van der Waals surface area contributed by atoms with Crippen LogP contribution in [0.4, 0.5) is 4.39 Å². The fourth-order valence-electron chi connectivity index (χ4n) is 7.14. The Balaban J connectivity index is 0. The van der Waals surface area contributed by atoms with Gasteiger partial charge in [0, 0.05) is 19.3 Å². The van der Waals surface area contributed by atoms with Gasteiger partial charge >= 0.3 is 5.97 Å². The number of carbonyl (C=O) groups excluding carboxylic acids is 1. The summed E-state index contributed by atoms with van der Waals surface area (Å²) in [7, 11) is 0. The van der Waals surface area contributed by atoms with E-state index in [-0.39, 0.29) is 0 Å². The monoisotopic (exact) mass is 725 g/mol. The second-order valence-electron chi connectivity index (χ2n) is 16.0. The predicted octanol–water partition coefficient (Wildman–Crippen LogP) is 17.0. The van der Waals surface area contributed by atoms with E-state index >= 15 is 0 Å². The Labute approximate surface area is 320 Å². The molecule has 0 radical (unpaired) electrons. The summed E-state index contributed by atoms with van der Waals surface area (Å²) in [6.45, 7) is 6.60. The molecule has 0 fully saturated rings. The van der Waals surface area contributed by atoms with Crippen LogP contribution < -0.4 is 0 Å². The normalized spacial score (nSPS) is 11.8. The molecule has 1 atom stereocenters. The van der Waals surface area contributed by atoms with E-state index in [0.717, 1.165) is 64.2 Å². The molecular weight excluding hydrogens is 632 g/mol. The van der Waals surface area contributed by atoms with Crippen LogP contribution in [0.5, 0.6) is 0 Å². The van der Waals surface area contributed by atoms with Crippen LogP contribution in [0.15, 0.2) is 0 Å². The standard InChI is InChI=1S/C31H61FO.C16H32O2/c1-3-5-6-7-8-9-10-11-12-15-18-21-24-28-31(33)29-25-22-19-16-13-14-17-20-23-27-30(32)26-4-2;1-2-3-4-5-6-7-8-9-10-11-12-13-14-15-16(17)18/h30H,3-29H2,1-2H3;2-15H2,1H3,(H,17,18). The number of hydrogen-bond acceptors (Lipinski definition) is 2. The van der Waals surface area contributed by atoms with E-state index in [1.165, 1.54) is 193 Å². The van der Waals surface area contributed by atoms with E-state index < -0.39 is 12.1 Å². The summed E-state index contributed by atoms with van der Waals surface area (Å²) in [6.07, 6.45) is 49.5.